The van der Waals surface area contributed by atoms with Crippen LogP contribution in [0, 0.1) is 0 Å². The van der Waals surface area contributed by atoms with Gasteiger partial charge in [-0.25, -0.2) is 9.78 Å². The van der Waals surface area contributed by atoms with Gasteiger partial charge in [0.15, 0.2) is 5.82 Å². The number of likely N-dealkylation sites (N-methyl/N-ethyl adjacent to an activating group) is 1. The van der Waals surface area contributed by atoms with Crippen molar-refractivity contribution in [2.45, 2.75) is 31.8 Å². The Morgan fingerprint density at radius 2 is 2.29 bits per heavy atom. The van der Waals surface area contributed by atoms with E-state index in [-0.39, 0.29) is 17.4 Å². The largest absolute Gasteiger partial charge is 0.480 e. The van der Waals surface area contributed by atoms with Crippen LogP contribution in [0.2, 0.25) is 0 Å². The molecule has 6 nitrogen and oxygen atoms in total. The molecule has 1 saturated carbocycles. The first kappa shape index (κ1) is 11.6. The second-order valence-electron chi connectivity index (χ2n) is 4.32. The van der Waals surface area contributed by atoms with Crippen molar-refractivity contribution in [1.29, 1.82) is 0 Å². The number of hydrogen-bond donors (Lipinski definition) is 1. The van der Waals surface area contributed by atoms with Gasteiger partial charge in [0.25, 0.3) is 5.56 Å². The Kier molecular flexibility index (Phi) is 2.87. The summed E-state index contributed by atoms with van der Waals surface area (Å²) >= 11 is 0. The van der Waals surface area contributed by atoms with Gasteiger partial charge in [-0.1, -0.05) is 0 Å². The van der Waals surface area contributed by atoms with E-state index < -0.39 is 12.0 Å². The van der Waals surface area contributed by atoms with Gasteiger partial charge in [0, 0.05) is 25.5 Å². The molecule has 92 valence electrons. The van der Waals surface area contributed by atoms with Gasteiger partial charge in [-0.05, 0) is 19.8 Å². The number of carboxylic acids is 1. The molecule has 1 aromatic rings. The van der Waals surface area contributed by atoms with Crippen LogP contribution < -0.4 is 10.5 Å². The SMILES string of the molecule is CC(C(=O)O)N(C)c1nccn(C2CC2)c1=O. The van der Waals surface area contributed by atoms with Gasteiger partial charge in [-0.2, -0.15) is 0 Å². The summed E-state index contributed by atoms with van der Waals surface area (Å²) in [6.45, 7) is 1.53. The normalized spacial score (nSPS) is 16.6. The summed E-state index contributed by atoms with van der Waals surface area (Å²) in [4.78, 5) is 28.3. The predicted octanol–water partition coefficient (Wildman–Crippen LogP) is 0.488. The quantitative estimate of drug-likeness (QED) is 0.824. The van der Waals surface area contributed by atoms with Crippen LogP contribution >= 0.6 is 0 Å². The number of aliphatic carboxylic acids is 1. The lowest BCUT2D eigenvalue weighted by Crippen LogP contribution is -2.40. The number of nitrogens with zero attached hydrogens (tertiary/aromatic N) is 3. The Balaban J connectivity index is 2.35. The Morgan fingerprint density at radius 1 is 1.65 bits per heavy atom. The molecule has 0 saturated heterocycles. The average Bonchev–Trinajstić information content (AvgIpc) is 3.11. The van der Waals surface area contributed by atoms with E-state index in [9.17, 15) is 9.59 Å². The molecule has 2 rings (SSSR count). The highest BCUT2D eigenvalue weighted by Gasteiger charge is 2.27. The molecule has 0 spiro atoms. The Morgan fingerprint density at radius 3 is 2.82 bits per heavy atom. The van der Waals surface area contributed by atoms with Crippen LogP contribution in [-0.4, -0.2) is 33.7 Å². The fourth-order valence-corrected chi connectivity index (χ4v) is 1.65. The lowest BCUT2D eigenvalue weighted by atomic mass is 10.3. The minimum Gasteiger partial charge on any atom is -0.480 e. The van der Waals surface area contributed by atoms with Crippen molar-refractivity contribution in [3.05, 3.63) is 22.7 Å². The Hall–Kier alpha value is -1.85. The molecule has 1 atom stereocenters. The molecule has 0 bridgehead atoms. The zero-order valence-corrected chi connectivity index (χ0v) is 9.83. The highest BCUT2D eigenvalue weighted by atomic mass is 16.4. The molecular weight excluding hydrogens is 222 g/mol. The second-order valence-corrected chi connectivity index (χ2v) is 4.32. The lowest BCUT2D eigenvalue weighted by Gasteiger charge is -2.22. The average molecular weight is 237 g/mol. The number of carbonyl (C=O) groups is 1. The van der Waals surface area contributed by atoms with E-state index in [1.54, 1.807) is 24.0 Å². The van der Waals surface area contributed by atoms with Crippen molar-refractivity contribution in [1.82, 2.24) is 9.55 Å². The first-order chi connectivity index (χ1) is 8.02. The summed E-state index contributed by atoms with van der Waals surface area (Å²) in [5.41, 5.74) is -0.217. The highest BCUT2D eigenvalue weighted by Crippen LogP contribution is 2.33. The lowest BCUT2D eigenvalue weighted by molar-refractivity contribution is -0.138. The molecule has 0 amide bonds. The van der Waals surface area contributed by atoms with Gasteiger partial charge >= 0.3 is 5.97 Å². The van der Waals surface area contributed by atoms with Crippen molar-refractivity contribution < 1.29 is 9.90 Å². The van der Waals surface area contributed by atoms with Gasteiger partial charge < -0.3 is 14.6 Å². The van der Waals surface area contributed by atoms with E-state index in [1.807, 2.05) is 0 Å². The van der Waals surface area contributed by atoms with Gasteiger partial charge in [0.05, 0.1) is 0 Å². The van der Waals surface area contributed by atoms with Crippen LogP contribution in [0.25, 0.3) is 0 Å². The van der Waals surface area contributed by atoms with Crippen molar-refractivity contribution in [2.75, 3.05) is 11.9 Å². The summed E-state index contributed by atoms with van der Waals surface area (Å²) in [7, 11) is 1.57. The predicted molar refractivity (Wildman–Crippen MR) is 62.3 cm³/mol. The number of rotatable bonds is 4. The topological polar surface area (TPSA) is 75.4 Å². The zero-order valence-electron chi connectivity index (χ0n) is 9.83. The molecule has 1 fully saturated rings. The molecule has 17 heavy (non-hydrogen) atoms. The van der Waals surface area contributed by atoms with Crippen LogP contribution in [0.15, 0.2) is 17.2 Å². The maximum absolute atomic E-state index is 12.1. The van der Waals surface area contributed by atoms with Gasteiger partial charge in [0.1, 0.15) is 6.04 Å². The van der Waals surface area contributed by atoms with E-state index in [4.69, 9.17) is 5.11 Å². The number of aromatic nitrogens is 2. The standard InChI is InChI=1S/C11H15N3O3/c1-7(11(16)17)13(2)9-10(15)14(6-5-12-9)8-3-4-8/h5-8H,3-4H2,1-2H3,(H,16,17). The van der Waals surface area contributed by atoms with Crippen molar-refractivity contribution in [2.24, 2.45) is 0 Å². The van der Waals surface area contributed by atoms with Crippen molar-refractivity contribution in [3.63, 3.8) is 0 Å². The molecule has 1 N–H and O–H groups in total. The maximum Gasteiger partial charge on any atom is 0.326 e. The summed E-state index contributed by atoms with van der Waals surface area (Å²) in [5, 5.41) is 8.92. The summed E-state index contributed by atoms with van der Waals surface area (Å²) in [5.74, 6) is -0.787. The van der Waals surface area contributed by atoms with E-state index in [0.717, 1.165) is 12.8 Å². The van der Waals surface area contributed by atoms with Crippen LogP contribution in [0.4, 0.5) is 5.82 Å². The molecule has 0 radical (unpaired) electrons. The minimum atomic E-state index is -0.976. The number of carboxylic acid groups (broad SMARTS) is 1. The molecule has 1 heterocycles. The molecule has 0 aliphatic heterocycles. The highest BCUT2D eigenvalue weighted by molar-refractivity contribution is 5.76. The molecule has 1 aliphatic rings. The molecular formula is C11H15N3O3. The third-order valence-electron chi connectivity index (χ3n) is 3.06. The monoisotopic (exact) mass is 237 g/mol. The van der Waals surface area contributed by atoms with Crippen LogP contribution in [0.1, 0.15) is 25.8 Å². The maximum atomic E-state index is 12.1. The molecule has 0 aromatic carbocycles. The second kappa shape index (κ2) is 4.20. The van der Waals surface area contributed by atoms with Crippen LogP contribution in [-0.2, 0) is 4.79 Å². The molecule has 6 heteroatoms. The Bertz CT molecular complexity index is 493. The molecule has 1 aliphatic carbocycles. The molecule has 1 unspecified atom stereocenters. The smallest absolute Gasteiger partial charge is 0.326 e. The van der Waals surface area contributed by atoms with Crippen LogP contribution in [0.5, 0.6) is 0 Å². The third kappa shape index (κ3) is 2.15. The van der Waals surface area contributed by atoms with Gasteiger partial charge in [0.2, 0.25) is 0 Å². The fraction of sp³-hybridized carbons (Fsp3) is 0.545. The van der Waals surface area contributed by atoms with Gasteiger partial charge in [-0.3, -0.25) is 4.79 Å². The number of anilines is 1. The van der Waals surface area contributed by atoms with E-state index in [2.05, 4.69) is 4.98 Å². The minimum absolute atomic E-state index is 0.189. The first-order valence-corrected chi connectivity index (χ1v) is 5.55. The van der Waals surface area contributed by atoms with Gasteiger partial charge in [-0.15, -0.1) is 0 Å². The zero-order chi connectivity index (χ0) is 12.6. The van der Waals surface area contributed by atoms with E-state index in [0.29, 0.717) is 0 Å². The van der Waals surface area contributed by atoms with Crippen molar-refractivity contribution >= 4 is 11.8 Å². The third-order valence-corrected chi connectivity index (χ3v) is 3.06. The number of hydrogen-bond acceptors (Lipinski definition) is 4. The van der Waals surface area contributed by atoms with E-state index >= 15 is 0 Å². The summed E-state index contributed by atoms with van der Waals surface area (Å²) in [6.07, 6.45) is 5.20. The summed E-state index contributed by atoms with van der Waals surface area (Å²) < 4.78 is 1.63. The molecule has 1 aromatic heterocycles. The fourth-order valence-electron chi connectivity index (χ4n) is 1.65. The van der Waals surface area contributed by atoms with E-state index in [1.165, 1.54) is 11.8 Å². The Labute approximate surface area is 98.5 Å². The summed E-state index contributed by atoms with van der Waals surface area (Å²) in [6, 6.07) is -0.511. The van der Waals surface area contributed by atoms with Crippen molar-refractivity contribution in [3.8, 4) is 0 Å². The van der Waals surface area contributed by atoms with Crippen LogP contribution in [0.3, 0.4) is 0 Å². The first-order valence-electron chi connectivity index (χ1n) is 5.55.